The molecule has 23 heavy (non-hydrogen) atoms. The lowest BCUT2D eigenvalue weighted by atomic mass is 10.0. The van der Waals surface area contributed by atoms with E-state index in [2.05, 4.69) is 10.3 Å². The number of carbonyl (C=O) groups excluding carboxylic acids is 2. The highest BCUT2D eigenvalue weighted by Crippen LogP contribution is 2.34. The third-order valence-electron chi connectivity index (χ3n) is 3.77. The predicted molar refractivity (Wildman–Crippen MR) is 84.8 cm³/mol. The highest BCUT2D eigenvalue weighted by molar-refractivity contribution is 6.16. The molecule has 0 saturated carbocycles. The molecule has 1 aliphatic heterocycles. The van der Waals surface area contributed by atoms with Gasteiger partial charge in [0.05, 0.1) is 23.1 Å². The molecule has 1 aromatic heterocycles. The van der Waals surface area contributed by atoms with Gasteiger partial charge < -0.3 is 5.32 Å². The average Bonchev–Trinajstić information content (AvgIpc) is 2.55. The molecule has 3 rings (SSSR count). The summed E-state index contributed by atoms with van der Waals surface area (Å²) in [6.45, 7) is 1.94. The van der Waals surface area contributed by atoms with Gasteiger partial charge in [0.1, 0.15) is 11.9 Å². The molecule has 0 spiro atoms. The van der Waals surface area contributed by atoms with E-state index in [9.17, 15) is 14.0 Å². The second-order valence-corrected chi connectivity index (χ2v) is 5.38. The maximum Gasteiger partial charge on any atom is 0.260 e. The van der Waals surface area contributed by atoms with Crippen molar-refractivity contribution < 1.29 is 14.0 Å². The fourth-order valence-electron chi connectivity index (χ4n) is 2.74. The summed E-state index contributed by atoms with van der Waals surface area (Å²) < 4.78 is 13.4. The molecular weight excluding hydrogens is 297 g/mol. The number of carbonyl (C=O) groups is 2. The van der Waals surface area contributed by atoms with E-state index < -0.39 is 17.8 Å². The minimum absolute atomic E-state index is 0.121. The maximum atomic E-state index is 13.4. The molecule has 1 aromatic carbocycles. The van der Waals surface area contributed by atoms with Gasteiger partial charge in [-0.2, -0.15) is 0 Å². The first-order valence-electron chi connectivity index (χ1n) is 7.46. The summed E-state index contributed by atoms with van der Waals surface area (Å²) in [6.07, 6.45) is 3.61. The van der Waals surface area contributed by atoms with Crippen LogP contribution in [0.1, 0.15) is 30.1 Å². The van der Waals surface area contributed by atoms with Crippen molar-refractivity contribution in [3.63, 3.8) is 0 Å². The number of pyridine rings is 1. The van der Waals surface area contributed by atoms with Crippen molar-refractivity contribution >= 4 is 23.2 Å². The van der Waals surface area contributed by atoms with Crippen molar-refractivity contribution in [3.05, 3.63) is 54.1 Å². The number of rotatable bonds is 3. The fraction of sp³-hybridized carbons (Fsp3) is 0.235. The third-order valence-corrected chi connectivity index (χ3v) is 3.77. The first-order chi connectivity index (χ1) is 11.1. The van der Waals surface area contributed by atoms with Crippen molar-refractivity contribution in [1.29, 1.82) is 0 Å². The molecule has 2 amide bonds. The van der Waals surface area contributed by atoms with Gasteiger partial charge in [0, 0.05) is 6.20 Å². The molecule has 1 aliphatic rings. The molecule has 0 unspecified atom stereocenters. The standard InChI is InChI=1S/C17H16FN3O2/c1-2-5-15-16(22)20-13-6-3-4-7-14(13)21(15)17(23)11-8-12(18)10-19-9-11/h3-4,6-10,15H,2,5H2,1H3,(H,20,22)/t15-/m0/s1. The quantitative estimate of drug-likeness (QED) is 0.947. The van der Waals surface area contributed by atoms with Gasteiger partial charge in [-0.3, -0.25) is 19.5 Å². The average molecular weight is 313 g/mol. The van der Waals surface area contributed by atoms with E-state index in [1.807, 2.05) is 6.92 Å². The number of hydrogen-bond donors (Lipinski definition) is 1. The molecule has 0 fully saturated rings. The van der Waals surface area contributed by atoms with Gasteiger partial charge in [-0.05, 0) is 24.6 Å². The van der Waals surface area contributed by atoms with Gasteiger partial charge in [0.25, 0.3) is 5.91 Å². The Kier molecular flexibility index (Phi) is 4.06. The van der Waals surface area contributed by atoms with Crippen LogP contribution < -0.4 is 10.2 Å². The number of halogens is 1. The Hall–Kier alpha value is -2.76. The number of nitrogens with one attached hydrogen (secondary N) is 1. The lowest BCUT2D eigenvalue weighted by molar-refractivity contribution is -0.117. The number of nitrogens with zero attached hydrogens (tertiary/aromatic N) is 2. The Balaban J connectivity index is 2.08. The summed E-state index contributed by atoms with van der Waals surface area (Å²) in [5, 5.41) is 2.82. The molecule has 0 saturated heterocycles. The Morgan fingerprint density at radius 1 is 1.35 bits per heavy atom. The molecule has 118 valence electrons. The van der Waals surface area contributed by atoms with Crippen LogP contribution in [-0.2, 0) is 4.79 Å². The molecule has 0 bridgehead atoms. The van der Waals surface area contributed by atoms with Crippen LogP contribution in [0.4, 0.5) is 15.8 Å². The molecule has 0 radical (unpaired) electrons. The maximum absolute atomic E-state index is 13.4. The van der Waals surface area contributed by atoms with E-state index in [1.54, 1.807) is 24.3 Å². The molecule has 6 heteroatoms. The number of anilines is 2. The fourth-order valence-corrected chi connectivity index (χ4v) is 2.74. The van der Waals surface area contributed by atoms with Crippen molar-refractivity contribution in [3.8, 4) is 0 Å². The van der Waals surface area contributed by atoms with Crippen LogP contribution in [-0.4, -0.2) is 22.8 Å². The molecule has 1 atom stereocenters. The molecular formula is C17H16FN3O2. The Morgan fingerprint density at radius 2 is 2.13 bits per heavy atom. The first kappa shape index (κ1) is 15.1. The smallest absolute Gasteiger partial charge is 0.260 e. The topological polar surface area (TPSA) is 62.3 Å². The second-order valence-electron chi connectivity index (χ2n) is 5.38. The van der Waals surface area contributed by atoms with Crippen molar-refractivity contribution in [2.45, 2.75) is 25.8 Å². The summed E-state index contributed by atoms with van der Waals surface area (Å²) >= 11 is 0. The number of amides is 2. The largest absolute Gasteiger partial charge is 0.322 e. The normalized spacial score (nSPS) is 16.7. The van der Waals surface area contributed by atoms with Crippen LogP contribution in [0.3, 0.4) is 0 Å². The van der Waals surface area contributed by atoms with Gasteiger partial charge >= 0.3 is 0 Å². The number of aromatic nitrogens is 1. The second kappa shape index (κ2) is 6.16. The highest BCUT2D eigenvalue weighted by Gasteiger charge is 2.36. The van der Waals surface area contributed by atoms with Crippen LogP contribution >= 0.6 is 0 Å². The first-order valence-corrected chi connectivity index (χ1v) is 7.46. The van der Waals surface area contributed by atoms with Crippen LogP contribution in [0.2, 0.25) is 0 Å². The highest BCUT2D eigenvalue weighted by atomic mass is 19.1. The van der Waals surface area contributed by atoms with Crippen LogP contribution in [0, 0.1) is 5.82 Å². The zero-order valence-electron chi connectivity index (χ0n) is 12.6. The van der Waals surface area contributed by atoms with Crippen molar-refractivity contribution in [1.82, 2.24) is 4.98 Å². The van der Waals surface area contributed by atoms with Gasteiger partial charge in [0.2, 0.25) is 5.91 Å². The molecule has 2 aromatic rings. The van der Waals surface area contributed by atoms with Gasteiger partial charge in [-0.15, -0.1) is 0 Å². The van der Waals surface area contributed by atoms with Gasteiger partial charge in [0.15, 0.2) is 0 Å². The van der Waals surface area contributed by atoms with E-state index in [-0.39, 0.29) is 11.5 Å². The molecule has 2 heterocycles. The Bertz CT molecular complexity index is 763. The van der Waals surface area contributed by atoms with E-state index in [4.69, 9.17) is 0 Å². The van der Waals surface area contributed by atoms with Gasteiger partial charge in [-0.1, -0.05) is 25.5 Å². The number of hydrogen-bond acceptors (Lipinski definition) is 3. The van der Waals surface area contributed by atoms with Crippen molar-refractivity contribution in [2.75, 3.05) is 10.2 Å². The van der Waals surface area contributed by atoms with Gasteiger partial charge in [-0.25, -0.2) is 4.39 Å². The lowest BCUT2D eigenvalue weighted by Crippen LogP contribution is -2.51. The number of para-hydroxylation sites is 2. The van der Waals surface area contributed by atoms with Crippen LogP contribution in [0.5, 0.6) is 0 Å². The monoisotopic (exact) mass is 313 g/mol. The summed E-state index contributed by atoms with van der Waals surface area (Å²) in [6, 6.07) is 7.59. The van der Waals surface area contributed by atoms with E-state index in [0.717, 1.165) is 18.7 Å². The predicted octanol–water partition coefficient (Wildman–Crippen LogP) is 2.99. The SMILES string of the molecule is CCC[C@H]1C(=O)Nc2ccccc2N1C(=O)c1cncc(F)c1. The summed E-state index contributed by atoms with van der Waals surface area (Å²) in [5.41, 5.74) is 1.30. The minimum Gasteiger partial charge on any atom is -0.322 e. The zero-order chi connectivity index (χ0) is 16.4. The summed E-state index contributed by atoms with van der Waals surface area (Å²) in [7, 11) is 0. The van der Waals surface area contributed by atoms with Crippen LogP contribution in [0.25, 0.3) is 0 Å². The number of fused-ring (bicyclic) bond motifs is 1. The zero-order valence-corrected chi connectivity index (χ0v) is 12.6. The summed E-state index contributed by atoms with van der Waals surface area (Å²) in [5.74, 6) is -1.25. The number of benzene rings is 1. The van der Waals surface area contributed by atoms with E-state index >= 15 is 0 Å². The lowest BCUT2D eigenvalue weighted by Gasteiger charge is -2.36. The van der Waals surface area contributed by atoms with Crippen molar-refractivity contribution in [2.24, 2.45) is 0 Å². The Morgan fingerprint density at radius 3 is 2.87 bits per heavy atom. The molecule has 0 aliphatic carbocycles. The van der Waals surface area contributed by atoms with Crippen LogP contribution in [0.15, 0.2) is 42.7 Å². The summed E-state index contributed by atoms with van der Waals surface area (Å²) in [4.78, 5) is 30.4. The third kappa shape index (κ3) is 2.79. The Labute approximate surface area is 133 Å². The molecule has 1 N–H and O–H groups in total. The minimum atomic E-state index is -0.620. The van der Waals surface area contributed by atoms with E-state index in [1.165, 1.54) is 11.1 Å². The van der Waals surface area contributed by atoms with E-state index in [0.29, 0.717) is 17.8 Å². The molecule has 5 nitrogen and oxygen atoms in total.